The molecule has 0 aromatic heterocycles. The van der Waals surface area contributed by atoms with Crippen molar-refractivity contribution in [2.45, 2.75) is 58.3 Å². The predicted molar refractivity (Wildman–Crippen MR) is 111 cm³/mol. The number of nitrogens with zero attached hydrogens (tertiary/aromatic N) is 1. The molecule has 3 nitrogen and oxygen atoms in total. The number of aryl methyl sites for hydroxylation is 2. The molecule has 1 amide bonds. The monoisotopic (exact) mass is 378 g/mol. The average Bonchev–Trinajstić information content (AvgIpc) is 2.67. The van der Waals surface area contributed by atoms with E-state index in [-0.39, 0.29) is 12.4 Å². The van der Waals surface area contributed by atoms with E-state index >= 15 is 0 Å². The lowest BCUT2D eigenvalue weighted by molar-refractivity contribution is -0.133. The number of halogens is 1. The second kappa shape index (κ2) is 10.9. The highest BCUT2D eigenvalue weighted by Crippen LogP contribution is 2.24. The van der Waals surface area contributed by atoms with E-state index in [0.29, 0.717) is 5.91 Å². The Morgan fingerprint density at radius 1 is 1.00 bits per heavy atom. The lowest BCUT2D eigenvalue weighted by Crippen LogP contribution is -2.39. The van der Waals surface area contributed by atoms with Crippen LogP contribution in [0.5, 0.6) is 0 Å². The summed E-state index contributed by atoms with van der Waals surface area (Å²) in [5, 5.41) is 3.40. The molecule has 26 heavy (non-hydrogen) atoms. The van der Waals surface area contributed by atoms with Crippen molar-refractivity contribution in [2.24, 2.45) is 11.8 Å². The van der Waals surface area contributed by atoms with E-state index in [1.807, 2.05) is 0 Å². The molecule has 2 saturated heterocycles. The molecule has 1 N–H and O–H groups in total. The van der Waals surface area contributed by atoms with Crippen molar-refractivity contribution in [3.05, 3.63) is 35.4 Å². The van der Waals surface area contributed by atoms with Gasteiger partial charge in [0.15, 0.2) is 0 Å². The van der Waals surface area contributed by atoms with Gasteiger partial charge in [-0.05, 0) is 82.4 Å². The van der Waals surface area contributed by atoms with E-state index in [2.05, 4.69) is 41.4 Å². The van der Waals surface area contributed by atoms with Gasteiger partial charge in [-0.15, -0.1) is 12.4 Å². The second-order valence-electron chi connectivity index (χ2n) is 8.08. The van der Waals surface area contributed by atoms with Gasteiger partial charge in [-0.2, -0.15) is 0 Å². The van der Waals surface area contributed by atoms with Gasteiger partial charge in [-0.3, -0.25) is 4.79 Å². The van der Waals surface area contributed by atoms with Crippen LogP contribution in [-0.2, 0) is 11.2 Å². The van der Waals surface area contributed by atoms with E-state index < -0.39 is 0 Å². The molecular weight excluding hydrogens is 344 g/mol. The van der Waals surface area contributed by atoms with E-state index in [4.69, 9.17) is 0 Å². The van der Waals surface area contributed by atoms with Gasteiger partial charge in [0.25, 0.3) is 0 Å². The molecule has 0 spiro atoms. The van der Waals surface area contributed by atoms with Gasteiger partial charge >= 0.3 is 0 Å². The number of hydrogen-bond donors (Lipinski definition) is 1. The summed E-state index contributed by atoms with van der Waals surface area (Å²) in [7, 11) is 0. The molecule has 0 atom stereocenters. The maximum absolute atomic E-state index is 12.5. The quantitative estimate of drug-likeness (QED) is 0.797. The summed E-state index contributed by atoms with van der Waals surface area (Å²) in [5.41, 5.74) is 2.78. The molecule has 0 unspecified atom stereocenters. The van der Waals surface area contributed by atoms with Crippen LogP contribution in [0, 0.1) is 18.8 Å². The fourth-order valence-corrected chi connectivity index (χ4v) is 4.25. The summed E-state index contributed by atoms with van der Waals surface area (Å²) in [6, 6.07) is 8.93. The summed E-state index contributed by atoms with van der Waals surface area (Å²) >= 11 is 0. The first-order chi connectivity index (χ1) is 12.2. The highest BCUT2D eigenvalue weighted by molar-refractivity contribution is 5.85. The molecule has 3 rings (SSSR count). The SMILES string of the molecule is Cc1ccc(CCC2CCN(C(=O)CCC3CCNCC3)CC2)cc1.Cl. The van der Waals surface area contributed by atoms with Crippen LogP contribution in [0.15, 0.2) is 24.3 Å². The first-order valence-electron chi connectivity index (χ1n) is 10.2. The van der Waals surface area contributed by atoms with Gasteiger partial charge in [-0.25, -0.2) is 0 Å². The summed E-state index contributed by atoms with van der Waals surface area (Å²) in [5.74, 6) is 1.95. The second-order valence-corrected chi connectivity index (χ2v) is 8.08. The first-order valence-corrected chi connectivity index (χ1v) is 10.2. The number of carbonyl (C=O) groups is 1. The molecule has 146 valence electrons. The van der Waals surface area contributed by atoms with Crippen LogP contribution < -0.4 is 5.32 Å². The van der Waals surface area contributed by atoms with Gasteiger partial charge in [0.05, 0.1) is 0 Å². The predicted octanol–water partition coefficient (Wildman–Crippen LogP) is 4.37. The average molecular weight is 379 g/mol. The normalized spacial score (nSPS) is 19.2. The summed E-state index contributed by atoms with van der Waals surface area (Å²) in [6.07, 6.45) is 9.15. The third kappa shape index (κ3) is 6.59. The highest BCUT2D eigenvalue weighted by Gasteiger charge is 2.23. The number of carbonyl (C=O) groups excluding carboxylic acids is 1. The number of amides is 1. The molecular formula is C22H35ClN2O. The fraction of sp³-hybridized carbons (Fsp3) is 0.682. The Balaban J connectivity index is 0.00000243. The van der Waals surface area contributed by atoms with E-state index in [9.17, 15) is 4.79 Å². The van der Waals surface area contributed by atoms with E-state index in [1.54, 1.807) is 0 Å². The number of nitrogens with one attached hydrogen (secondary N) is 1. The molecule has 0 aliphatic carbocycles. The summed E-state index contributed by atoms with van der Waals surface area (Å²) in [6.45, 7) is 6.35. The minimum absolute atomic E-state index is 0. The third-order valence-corrected chi connectivity index (χ3v) is 6.15. The van der Waals surface area contributed by atoms with Crippen molar-refractivity contribution < 1.29 is 4.79 Å². The summed E-state index contributed by atoms with van der Waals surface area (Å²) < 4.78 is 0. The Kier molecular flexibility index (Phi) is 8.94. The zero-order valence-electron chi connectivity index (χ0n) is 16.2. The molecule has 1 aromatic rings. The number of likely N-dealkylation sites (tertiary alicyclic amines) is 1. The Morgan fingerprint density at radius 2 is 1.62 bits per heavy atom. The lowest BCUT2D eigenvalue weighted by Gasteiger charge is -2.32. The Bertz CT molecular complexity index is 532. The number of rotatable bonds is 6. The van der Waals surface area contributed by atoms with Gasteiger partial charge in [0, 0.05) is 19.5 Å². The molecule has 2 aliphatic rings. The first kappa shape index (κ1) is 21.2. The van der Waals surface area contributed by atoms with Crippen LogP contribution in [0.1, 0.15) is 56.1 Å². The molecule has 2 aliphatic heterocycles. The Morgan fingerprint density at radius 3 is 2.27 bits per heavy atom. The third-order valence-electron chi connectivity index (χ3n) is 6.15. The van der Waals surface area contributed by atoms with Crippen LogP contribution in [0.25, 0.3) is 0 Å². The van der Waals surface area contributed by atoms with Crippen LogP contribution in [-0.4, -0.2) is 37.0 Å². The van der Waals surface area contributed by atoms with Crippen molar-refractivity contribution in [2.75, 3.05) is 26.2 Å². The zero-order valence-corrected chi connectivity index (χ0v) is 17.0. The largest absolute Gasteiger partial charge is 0.343 e. The number of benzene rings is 1. The van der Waals surface area contributed by atoms with Crippen molar-refractivity contribution in [3.63, 3.8) is 0 Å². The maximum Gasteiger partial charge on any atom is 0.222 e. The van der Waals surface area contributed by atoms with Crippen LogP contribution >= 0.6 is 12.4 Å². The van der Waals surface area contributed by atoms with Crippen LogP contribution in [0.3, 0.4) is 0 Å². The topological polar surface area (TPSA) is 32.3 Å². The standard InChI is InChI=1S/C22H34N2O.ClH/c1-18-2-4-19(5-3-18)6-7-21-12-16-24(17-13-21)22(25)9-8-20-10-14-23-15-11-20;/h2-5,20-21,23H,6-17H2,1H3;1H. The zero-order chi connectivity index (χ0) is 17.5. The van der Waals surface area contributed by atoms with Gasteiger partial charge < -0.3 is 10.2 Å². The molecule has 0 saturated carbocycles. The van der Waals surface area contributed by atoms with Crippen molar-refractivity contribution >= 4 is 18.3 Å². The molecule has 1 aromatic carbocycles. The van der Waals surface area contributed by atoms with E-state index in [0.717, 1.165) is 50.9 Å². The minimum Gasteiger partial charge on any atom is -0.343 e. The number of hydrogen-bond acceptors (Lipinski definition) is 2. The van der Waals surface area contributed by atoms with Gasteiger partial charge in [-0.1, -0.05) is 29.8 Å². The van der Waals surface area contributed by atoms with Gasteiger partial charge in [0.2, 0.25) is 5.91 Å². The molecule has 0 radical (unpaired) electrons. The van der Waals surface area contributed by atoms with Gasteiger partial charge in [0.1, 0.15) is 0 Å². The minimum atomic E-state index is 0. The Hall–Kier alpha value is -1.06. The summed E-state index contributed by atoms with van der Waals surface area (Å²) in [4.78, 5) is 14.6. The maximum atomic E-state index is 12.5. The van der Waals surface area contributed by atoms with E-state index in [1.165, 1.54) is 49.7 Å². The smallest absolute Gasteiger partial charge is 0.222 e. The Labute approximate surface area is 165 Å². The van der Waals surface area contributed by atoms with Crippen molar-refractivity contribution in [1.29, 1.82) is 0 Å². The van der Waals surface area contributed by atoms with Crippen molar-refractivity contribution in [3.8, 4) is 0 Å². The fourth-order valence-electron chi connectivity index (χ4n) is 4.25. The highest BCUT2D eigenvalue weighted by atomic mass is 35.5. The lowest BCUT2D eigenvalue weighted by atomic mass is 9.89. The van der Waals surface area contributed by atoms with Crippen molar-refractivity contribution in [1.82, 2.24) is 10.2 Å². The molecule has 2 fully saturated rings. The molecule has 4 heteroatoms. The number of piperidine rings is 2. The molecule has 2 heterocycles. The molecule has 0 bridgehead atoms. The van der Waals surface area contributed by atoms with Crippen LogP contribution in [0.4, 0.5) is 0 Å². The van der Waals surface area contributed by atoms with Crippen LogP contribution in [0.2, 0.25) is 0 Å².